The number of para-hydroxylation sites is 1. The molecule has 2 rings (SSSR count). The van der Waals surface area contributed by atoms with Crippen LogP contribution in [0.3, 0.4) is 0 Å². The van der Waals surface area contributed by atoms with Crippen LogP contribution in [-0.2, 0) is 0 Å². The van der Waals surface area contributed by atoms with Crippen molar-refractivity contribution in [2.45, 2.75) is 25.8 Å². The number of rotatable bonds is 3. The maximum absolute atomic E-state index is 12.4. The lowest BCUT2D eigenvalue weighted by atomic mass is 10.0. The van der Waals surface area contributed by atoms with Crippen molar-refractivity contribution in [2.24, 2.45) is 5.73 Å². The lowest BCUT2D eigenvalue weighted by Crippen LogP contribution is -2.13. The first-order valence-electron chi connectivity index (χ1n) is 5.65. The Kier molecular flexibility index (Phi) is 5.03. The van der Waals surface area contributed by atoms with Gasteiger partial charge in [0.05, 0.1) is 5.52 Å². The van der Waals surface area contributed by atoms with Crippen LogP contribution in [0.25, 0.3) is 10.9 Å². The molecule has 1 aromatic heterocycles. The molecule has 0 fully saturated rings. The number of halogens is 3. The molecule has 0 aliphatic heterocycles. The van der Waals surface area contributed by atoms with Crippen molar-refractivity contribution >= 4 is 29.2 Å². The zero-order chi connectivity index (χ0) is 13.3. The van der Waals surface area contributed by atoms with E-state index in [0.29, 0.717) is 11.1 Å². The number of benzene rings is 1. The minimum Gasteiger partial charge on any atom is -0.324 e. The molecule has 0 saturated carbocycles. The molecule has 1 heterocycles. The SMILES string of the molecule is CC(=O)n1cc([C@@H](N)CC(F)F)c2ccccc21.Cl. The quantitative estimate of drug-likeness (QED) is 0.941. The monoisotopic (exact) mass is 288 g/mol. The van der Waals surface area contributed by atoms with Crippen molar-refractivity contribution in [3.63, 3.8) is 0 Å². The standard InChI is InChI=1S/C13H14F2N2O.ClH/c1-8(18)17-7-10(11(16)6-13(14)15)9-4-2-3-5-12(9)17;/h2-5,7,11,13H,6,16H2,1H3;1H/t11-;/m0./s1. The Morgan fingerprint density at radius 3 is 2.58 bits per heavy atom. The maximum Gasteiger partial charge on any atom is 0.240 e. The van der Waals surface area contributed by atoms with Crippen molar-refractivity contribution in [2.75, 3.05) is 0 Å². The second-order valence-electron chi connectivity index (χ2n) is 4.22. The van der Waals surface area contributed by atoms with E-state index >= 15 is 0 Å². The van der Waals surface area contributed by atoms with Crippen molar-refractivity contribution < 1.29 is 13.6 Å². The number of aromatic nitrogens is 1. The highest BCUT2D eigenvalue weighted by Gasteiger charge is 2.19. The largest absolute Gasteiger partial charge is 0.324 e. The first-order valence-corrected chi connectivity index (χ1v) is 5.65. The van der Waals surface area contributed by atoms with Gasteiger partial charge in [-0.05, 0) is 11.6 Å². The van der Waals surface area contributed by atoms with Gasteiger partial charge in [0.1, 0.15) is 0 Å². The molecule has 1 atom stereocenters. The minimum absolute atomic E-state index is 0. The summed E-state index contributed by atoms with van der Waals surface area (Å²) in [6.07, 6.45) is -1.31. The zero-order valence-electron chi connectivity index (χ0n) is 10.3. The molecule has 0 radical (unpaired) electrons. The average molecular weight is 289 g/mol. The third-order valence-electron chi connectivity index (χ3n) is 2.91. The van der Waals surface area contributed by atoms with Crippen LogP contribution in [0.5, 0.6) is 0 Å². The lowest BCUT2D eigenvalue weighted by molar-refractivity contribution is 0.0941. The summed E-state index contributed by atoms with van der Waals surface area (Å²) < 4.78 is 26.2. The Labute approximate surface area is 115 Å². The van der Waals surface area contributed by atoms with E-state index in [9.17, 15) is 13.6 Å². The van der Waals surface area contributed by atoms with Crippen LogP contribution < -0.4 is 5.73 Å². The molecule has 0 spiro atoms. The number of nitrogens with zero attached hydrogens (tertiary/aromatic N) is 1. The van der Waals surface area contributed by atoms with E-state index in [1.807, 2.05) is 0 Å². The van der Waals surface area contributed by atoms with E-state index in [4.69, 9.17) is 5.73 Å². The molecule has 0 aliphatic carbocycles. The molecule has 104 valence electrons. The topological polar surface area (TPSA) is 48.0 Å². The number of alkyl halides is 2. The van der Waals surface area contributed by atoms with Gasteiger partial charge in [-0.1, -0.05) is 18.2 Å². The Morgan fingerprint density at radius 1 is 1.37 bits per heavy atom. The van der Waals surface area contributed by atoms with Crippen LogP contribution in [0.4, 0.5) is 8.78 Å². The van der Waals surface area contributed by atoms with Crippen molar-refractivity contribution in [1.29, 1.82) is 0 Å². The van der Waals surface area contributed by atoms with Gasteiger partial charge in [-0.25, -0.2) is 8.78 Å². The van der Waals surface area contributed by atoms with Gasteiger partial charge in [0, 0.05) is 31.0 Å². The lowest BCUT2D eigenvalue weighted by Gasteiger charge is -2.09. The van der Waals surface area contributed by atoms with E-state index in [-0.39, 0.29) is 18.3 Å². The second-order valence-corrected chi connectivity index (χ2v) is 4.22. The van der Waals surface area contributed by atoms with Gasteiger partial charge in [0.2, 0.25) is 12.3 Å². The van der Waals surface area contributed by atoms with E-state index in [2.05, 4.69) is 0 Å². The molecule has 0 bridgehead atoms. The van der Waals surface area contributed by atoms with Crippen LogP contribution in [0, 0.1) is 0 Å². The van der Waals surface area contributed by atoms with Gasteiger partial charge in [-0.3, -0.25) is 9.36 Å². The molecule has 0 aliphatic rings. The summed E-state index contributed by atoms with van der Waals surface area (Å²) in [6, 6.07) is 6.39. The fourth-order valence-electron chi connectivity index (χ4n) is 2.08. The number of carbonyl (C=O) groups excluding carboxylic acids is 1. The Balaban J connectivity index is 0.00000180. The van der Waals surface area contributed by atoms with Gasteiger partial charge in [0.15, 0.2) is 0 Å². The van der Waals surface area contributed by atoms with Gasteiger partial charge in [-0.15, -0.1) is 12.4 Å². The first-order chi connectivity index (χ1) is 8.50. The molecule has 3 nitrogen and oxygen atoms in total. The highest BCUT2D eigenvalue weighted by molar-refractivity contribution is 5.93. The van der Waals surface area contributed by atoms with Gasteiger partial charge < -0.3 is 5.73 Å². The van der Waals surface area contributed by atoms with Crippen LogP contribution in [-0.4, -0.2) is 16.9 Å². The van der Waals surface area contributed by atoms with Crippen molar-refractivity contribution in [3.05, 3.63) is 36.0 Å². The van der Waals surface area contributed by atoms with Crippen molar-refractivity contribution in [3.8, 4) is 0 Å². The second kappa shape index (κ2) is 6.12. The average Bonchev–Trinajstić information content (AvgIpc) is 2.67. The summed E-state index contributed by atoms with van der Waals surface area (Å²) >= 11 is 0. The number of hydrogen-bond donors (Lipinski definition) is 1. The molecular weight excluding hydrogens is 274 g/mol. The predicted molar refractivity (Wildman–Crippen MR) is 73.0 cm³/mol. The molecule has 0 amide bonds. The zero-order valence-corrected chi connectivity index (χ0v) is 11.2. The van der Waals surface area contributed by atoms with Gasteiger partial charge in [-0.2, -0.15) is 0 Å². The molecular formula is C13H15ClF2N2O. The van der Waals surface area contributed by atoms with Crippen LogP contribution >= 0.6 is 12.4 Å². The third-order valence-corrected chi connectivity index (χ3v) is 2.91. The van der Waals surface area contributed by atoms with E-state index in [0.717, 1.165) is 5.39 Å². The van der Waals surface area contributed by atoms with E-state index < -0.39 is 18.9 Å². The number of fused-ring (bicyclic) bond motifs is 1. The normalized spacial score (nSPS) is 12.5. The number of carbonyl (C=O) groups is 1. The van der Waals surface area contributed by atoms with E-state index in [1.54, 1.807) is 30.5 Å². The summed E-state index contributed by atoms with van der Waals surface area (Å²) in [5.41, 5.74) is 7.05. The van der Waals surface area contributed by atoms with E-state index in [1.165, 1.54) is 11.5 Å². The predicted octanol–water partition coefficient (Wildman–Crippen LogP) is 3.38. The van der Waals surface area contributed by atoms with Crippen LogP contribution in [0.2, 0.25) is 0 Å². The molecule has 2 aromatic rings. The van der Waals surface area contributed by atoms with Gasteiger partial charge >= 0.3 is 0 Å². The Hall–Kier alpha value is -1.46. The Bertz CT molecular complexity index is 583. The fourth-order valence-corrected chi connectivity index (χ4v) is 2.08. The Morgan fingerprint density at radius 2 is 2.00 bits per heavy atom. The smallest absolute Gasteiger partial charge is 0.240 e. The van der Waals surface area contributed by atoms with Gasteiger partial charge in [0.25, 0.3) is 0 Å². The summed E-state index contributed by atoms with van der Waals surface area (Å²) in [5.74, 6) is -0.165. The summed E-state index contributed by atoms with van der Waals surface area (Å²) in [4.78, 5) is 11.5. The molecule has 0 saturated heterocycles. The molecule has 19 heavy (non-hydrogen) atoms. The third kappa shape index (κ3) is 3.11. The molecule has 2 N–H and O–H groups in total. The minimum atomic E-state index is -2.46. The summed E-state index contributed by atoms with van der Waals surface area (Å²) in [5, 5.41) is 0.751. The highest BCUT2D eigenvalue weighted by Crippen LogP contribution is 2.28. The maximum atomic E-state index is 12.4. The number of hydrogen-bond acceptors (Lipinski definition) is 2. The molecule has 0 unspecified atom stereocenters. The first kappa shape index (κ1) is 15.6. The summed E-state index contributed by atoms with van der Waals surface area (Å²) in [7, 11) is 0. The van der Waals surface area contributed by atoms with Crippen LogP contribution in [0.15, 0.2) is 30.5 Å². The number of nitrogens with two attached hydrogens (primary N) is 1. The summed E-state index contributed by atoms with van der Waals surface area (Å²) in [6.45, 7) is 1.43. The van der Waals surface area contributed by atoms with Crippen molar-refractivity contribution in [1.82, 2.24) is 4.57 Å². The van der Waals surface area contributed by atoms with Crippen LogP contribution in [0.1, 0.15) is 29.7 Å². The fraction of sp³-hybridized carbons (Fsp3) is 0.308. The molecule has 6 heteroatoms. The molecule has 1 aromatic carbocycles. The highest BCUT2D eigenvalue weighted by atomic mass is 35.5.